The Labute approximate surface area is 291 Å². The van der Waals surface area contributed by atoms with Crippen LogP contribution in [0.3, 0.4) is 0 Å². The third-order valence-electron chi connectivity index (χ3n) is 10.1. The average Bonchev–Trinajstić information content (AvgIpc) is 3.84. The molecule has 3 nitrogen and oxygen atoms in total. The van der Waals surface area contributed by atoms with Crippen LogP contribution in [0, 0.1) is 0 Å². The number of thiophene rings is 1. The second kappa shape index (κ2) is 10.6. The number of fused-ring (bicyclic) bond motifs is 10. The molecule has 0 atom stereocenters. The lowest BCUT2D eigenvalue weighted by atomic mass is 10.0. The van der Waals surface area contributed by atoms with Gasteiger partial charge in [0.15, 0.2) is 0 Å². The predicted octanol–water partition coefficient (Wildman–Crippen LogP) is 13.7. The highest BCUT2D eigenvalue weighted by molar-refractivity contribution is 7.25. The van der Waals surface area contributed by atoms with Gasteiger partial charge in [0.25, 0.3) is 0 Å². The maximum atomic E-state index is 6.35. The molecule has 0 radical (unpaired) electrons. The normalized spacial score (nSPS) is 12.0. The molecule has 0 aliphatic carbocycles. The van der Waals surface area contributed by atoms with E-state index in [2.05, 4.69) is 173 Å². The first kappa shape index (κ1) is 27.6. The van der Waals surface area contributed by atoms with E-state index in [1.807, 2.05) is 17.4 Å². The van der Waals surface area contributed by atoms with Gasteiger partial charge in [-0.3, -0.25) is 0 Å². The standard InChI is InChI=1S/C46H28N2OS/c1-2-13-30(14-3-1)48-39-19-7-4-15-32(39)35-18-11-21-41(46(35)48)47(31-24-25-45-38(27-31)34-17-6-9-23-44(34)50-45)40-20-10-12-29-26-43-37(28-36(29)40)33-16-5-8-22-42(33)49-43/h1-28H. The summed E-state index contributed by atoms with van der Waals surface area (Å²) in [5, 5.41) is 9.56. The first-order valence-corrected chi connectivity index (χ1v) is 17.7. The monoisotopic (exact) mass is 656 g/mol. The van der Waals surface area contributed by atoms with Crippen molar-refractivity contribution < 1.29 is 4.42 Å². The van der Waals surface area contributed by atoms with E-state index in [0.717, 1.165) is 50.1 Å². The van der Waals surface area contributed by atoms with Crippen LogP contribution in [0.25, 0.3) is 80.4 Å². The molecule has 0 N–H and O–H groups in total. The molecule has 0 fully saturated rings. The summed E-state index contributed by atoms with van der Waals surface area (Å²) in [4.78, 5) is 2.48. The zero-order chi connectivity index (χ0) is 32.8. The van der Waals surface area contributed by atoms with Crippen molar-refractivity contribution in [1.29, 1.82) is 0 Å². The van der Waals surface area contributed by atoms with Gasteiger partial charge < -0.3 is 13.9 Å². The Hall–Kier alpha value is -6.36. The fourth-order valence-electron chi connectivity index (χ4n) is 7.96. The van der Waals surface area contributed by atoms with E-state index in [-0.39, 0.29) is 0 Å². The topological polar surface area (TPSA) is 21.3 Å². The van der Waals surface area contributed by atoms with Gasteiger partial charge in [-0.15, -0.1) is 11.3 Å². The van der Waals surface area contributed by atoms with Gasteiger partial charge in [0, 0.05) is 58.5 Å². The molecular formula is C46H28N2OS. The summed E-state index contributed by atoms with van der Waals surface area (Å²) < 4.78 is 11.4. The Morgan fingerprint density at radius 1 is 0.440 bits per heavy atom. The maximum absolute atomic E-state index is 6.35. The quantitative estimate of drug-likeness (QED) is 0.188. The fraction of sp³-hybridized carbons (Fsp3) is 0. The van der Waals surface area contributed by atoms with Crippen LogP contribution in [-0.2, 0) is 0 Å². The van der Waals surface area contributed by atoms with E-state index < -0.39 is 0 Å². The van der Waals surface area contributed by atoms with Crippen LogP contribution in [0.5, 0.6) is 0 Å². The number of rotatable bonds is 4. The molecule has 0 bridgehead atoms. The van der Waals surface area contributed by atoms with Crippen LogP contribution in [0.4, 0.5) is 17.1 Å². The minimum atomic E-state index is 0.903. The number of nitrogens with zero attached hydrogens (tertiary/aromatic N) is 2. The van der Waals surface area contributed by atoms with Crippen LogP contribution in [0.1, 0.15) is 0 Å². The fourth-order valence-corrected chi connectivity index (χ4v) is 9.05. The molecule has 11 rings (SSSR count). The van der Waals surface area contributed by atoms with Gasteiger partial charge in [-0.25, -0.2) is 0 Å². The van der Waals surface area contributed by atoms with Crippen LogP contribution >= 0.6 is 11.3 Å². The number of hydrogen-bond acceptors (Lipinski definition) is 3. The van der Waals surface area contributed by atoms with Gasteiger partial charge in [-0.1, -0.05) is 97.1 Å². The molecule has 0 aliphatic rings. The van der Waals surface area contributed by atoms with Crippen molar-refractivity contribution in [1.82, 2.24) is 4.57 Å². The molecular weight excluding hydrogens is 629 g/mol. The zero-order valence-electron chi connectivity index (χ0n) is 26.9. The van der Waals surface area contributed by atoms with Gasteiger partial charge in [0.1, 0.15) is 11.2 Å². The van der Waals surface area contributed by atoms with Crippen molar-refractivity contribution in [2.24, 2.45) is 0 Å². The lowest BCUT2D eigenvalue weighted by Gasteiger charge is -2.28. The second-order valence-corrected chi connectivity index (χ2v) is 14.0. The van der Waals surface area contributed by atoms with Crippen LogP contribution in [0.15, 0.2) is 174 Å². The number of furan rings is 1. The Kier molecular flexibility index (Phi) is 5.83. The van der Waals surface area contributed by atoms with Crippen molar-refractivity contribution in [3.8, 4) is 5.69 Å². The van der Waals surface area contributed by atoms with Gasteiger partial charge in [0.2, 0.25) is 0 Å². The minimum Gasteiger partial charge on any atom is -0.456 e. The highest BCUT2D eigenvalue weighted by Crippen LogP contribution is 2.47. The molecule has 0 spiro atoms. The summed E-state index contributed by atoms with van der Waals surface area (Å²) in [6, 6.07) is 61.4. The Bertz CT molecular complexity index is 3110. The number of benzene rings is 8. The molecule has 0 aliphatic heterocycles. The lowest BCUT2D eigenvalue weighted by Crippen LogP contribution is -2.12. The maximum Gasteiger partial charge on any atom is 0.136 e. The number of anilines is 3. The van der Waals surface area contributed by atoms with Gasteiger partial charge in [0.05, 0.1) is 22.4 Å². The van der Waals surface area contributed by atoms with Crippen molar-refractivity contribution in [2.45, 2.75) is 0 Å². The predicted molar refractivity (Wildman–Crippen MR) is 213 cm³/mol. The molecule has 8 aromatic carbocycles. The van der Waals surface area contributed by atoms with Crippen LogP contribution in [0.2, 0.25) is 0 Å². The van der Waals surface area contributed by atoms with E-state index >= 15 is 0 Å². The van der Waals surface area contributed by atoms with E-state index in [1.165, 1.54) is 47.4 Å². The third kappa shape index (κ3) is 3.97. The van der Waals surface area contributed by atoms with E-state index in [0.29, 0.717) is 0 Å². The summed E-state index contributed by atoms with van der Waals surface area (Å²) in [6.07, 6.45) is 0. The summed E-state index contributed by atoms with van der Waals surface area (Å²) in [6.45, 7) is 0. The van der Waals surface area contributed by atoms with Crippen molar-refractivity contribution in [3.63, 3.8) is 0 Å². The van der Waals surface area contributed by atoms with Crippen molar-refractivity contribution >= 4 is 103 Å². The lowest BCUT2D eigenvalue weighted by molar-refractivity contribution is 0.669. The molecule has 3 aromatic heterocycles. The molecule has 0 saturated heterocycles. The molecule has 11 aromatic rings. The summed E-state index contributed by atoms with van der Waals surface area (Å²) in [5.41, 5.74) is 8.64. The Morgan fingerprint density at radius 3 is 2.08 bits per heavy atom. The number of para-hydroxylation sites is 4. The highest BCUT2D eigenvalue weighted by Gasteiger charge is 2.24. The minimum absolute atomic E-state index is 0.903. The summed E-state index contributed by atoms with van der Waals surface area (Å²) in [5.74, 6) is 0. The average molecular weight is 657 g/mol. The summed E-state index contributed by atoms with van der Waals surface area (Å²) >= 11 is 1.85. The molecule has 0 amide bonds. The summed E-state index contributed by atoms with van der Waals surface area (Å²) in [7, 11) is 0. The molecule has 4 heteroatoms. The van der Waals surface area contributed by atoms with E-state index in [9.17, 15) is 0 Å². The largest absolute Gasteiger partial charge is 0.456 e. The molecule has 234 valence electrons. The van der Waals surface area contributed by atoms with Crippen LogP contribution in [-0.4, -0.2) is 4.57 Å². The smallest absolute Gasteiger partial charge is 0.136 e. The molecule has 3 heterocycles. The van der Waals surface area contributed by atoms with Gasteiger partial charge in [-0.05, 0) is 78.2 Å². The molecule has 50 heavy (non-hydrogen) atoms. The Balaban J connectivity index is 1.28. The van der Waals surface area contributed by atoms with E-state index in [1.54, 1.807) is 0 Å². The first-order chi connectivity index (χ1) is 24.8. The van der Waals surface area contributed by atoms with Crippen molar-refractivity contribution in [3.05, 3.63) is 170 Å². The number of aromatic nitrogens is 1. The van der Waals surface area contributed by atoms with Crippen molar-refractivity contribution in [2.75, 3.05) is 4.90 Å². The third-order valence-corrected chi connectivity index (χ3v) is 11.3. The SMILES string of the molecule is c1ccc(-n2c3ccccc3c3cccc(N(c4ccc5sc6ccccc6c5c4)c4cccc5cc6oc7ccccc7c6cc45)c32)cc1. The molecule has 0 unspecified atom stereocenters. The zero-order valence-corrected chi connectivity index (χ0v) is 27.7. The first-order valence-electron chi connectivity index (χ1n) is 16.9. The van der Waals surface area contributed by atoms with Gasteiger partial charge >= 0.3 is 0 Å². The Morgan fingerprint density at radius 2 is 1.16 bits per heavy atom. The highest BCUT2D eigenvalue weighted by atomic mass is 32.1. The number of hydrogen-bond donors (Lipinski definition) is 0. The molecule has 0 saturated carbocycles. The van der Waals surface area contributed by atoms with Crippen LogP contribution < -0.4 is 4.90 Å². The van der Waals surface area contributed by atoms with E-state index in [4.69, 9.17) is 4.42 Å². The van der Waals surface area contributed by atoms with Gasteiger partial charge in [-0.2, -0.15) is 0 Å². The second-order valence-electron chi connectivity index (χ2n) is 12.9.